The maximum Gasteiger partial charge on any atom is 0.340 e. The molecular formula is C14H8Cl2F2INO2. The topological polar surface area (TPSA) is 52.3 Å². The van der Waals surface area contributed by atoms with Gasteiger partial charge in [-0.2, -0.15) is 0 Å². The van der Waals surface area contributed by atoms with Crippen molar-refractivity contribution in [2.75, 3.05) is 12.8 Å². The van der Waals surface area contributed by atoms with Gasteiger partial charge in [0.25, 0.3) is 0 Å². The Morgan fingerprint density at radius 1 is 1.18 bits per heavy atom. The number of benzene rings is 2. The zero-order valence-corrected chi connectivity index (χ0v) is 14.7. The van der Waals surface area contributed by atoms with Gasteiger partial charge in [0.15, 0.2) is 0 Å². The molecule has 2 rings (SSSR count). The van der Waals surface area contributed by atoms with E-state index in [1.54, 1.807) is 0 Å². The minimum Gasteiger partial charge on any atom is -0.465 e. The molecule has 0 aromatic heterocycles. The molecular weight excluding hydrogens is 450 g/mol. The zero-order chi connectivity index (χ0) is 16.6. The number of anilines is 1. The first-order valence-electron chi connectivity index (χ1n) is 5.78. The number of hydrogen-bond acceptors (Lipinski definition) is 3. The van der Waals surface area contributed by atoms with E-state index in [0.29, 0.717) is 9.64 Å². The monoisotopic (exact) mass is 457 g/mol. The first-order valence-corrected chi connectivity index (χ1v) is 7.62. The largest absolute Gasteiger partial charge is 0.465 e. The number of hydrogen-bond donors (Lipinski definition) is 1. The number of methoxy groups -OCH3 is 1. The molecule has 0 aliphatic heterocycles. The molecule has 0 unspecified atom stereocenters. The second-order valence-electron chi connectivity index (χ2n) is 4.25. The van der Waals surface area contributed by atoms with E-state index >= 15 is 0 Å². The van der Waals surface area contributed by atoms with Crippen LogP contribution in [0.15, 0.2) is 18.2 Å². The first-order chi connectivity index (χ1) is 10.3. The molecule has 2 N–H and O–H groups in total. The smallest absolute Gasteiger partial charge is 0.340 e. The molecule has 116 valence electrons. The van der Waals surface area contributed by atoms with E-state index in [9.17, 15) is 13.6 Å². The number of nitrogens with two attached hydrogens (primary N) is 1. The minimum atomic E-state index is -0.881. The third kappa shape index (κ3) is 3.00. The molecule has 0 bridgehead atoms. The van der Waals surface area contributed by atoms with Gasteiger partial charge in [0.05, 0.1) is 28.4 Å². The van der Waals surface area contributed by atoms with Gasteiger partial charge in [-0.05, 0) is 34.7 Å². The molecule has 0 aliphatic carbocycles. The third-order valence-electron chi connectivity index (χ3n) is 2.94. The lowest BCUT2D eigenvalue weighted by Crippen LogP contribution is -2.08. The van der Waals surface area contributed by atoms with Crippen molar-refractivity contribution in [3.8, 4) is 11.1 Å². The summed E-state index contributed by atoms with van der Waals surface area (Å²) in [6, 6.07) is 3.05. The van der Waals surface area contributed by atoms with Crippen molar-refractivity contribution in [1.29, 1.82) is 0 Å². The second-order valence-corrected chi connectivity index (χ2v) is 6.14. The van der Waals surface area contributed by atoms with Crippen LogP contribution in [0.2, 0.25) is 10.0 Å². The summed E-state index contributed by atoms with van der Waals surface area (Å²) in [6.07, 6.45) is 0. The Balaban J connectivity index is 2.75. The lowest BCUT2D eigenvalue weighted by atomic mass is 10.0. The molecule has 0 heterocycles. The Bertz CT molecular complexity index is 784. The molecule has 22 heavy (non-hydrogen) atoms. The molecule has 0 aliphatic rings. The van der Waals surface area contributed by atoms with Crippen molar-refractivity contribution < 1.29 is 18.3 Å². The summed E-state index contributed by atoms with van der Waals surface area (Å²) < 4.78 is 32.3. The molecule has 0 saturated carbocycles. The Morgan fingerprint density at radius 2 is 1.82 bits per heavy atom. The van der Waals surface area contributed by atoms with E-state index < -0.39 is 17.6 Å². The van der Waals surface area contributed by atoms with Crippen LogP contribution in [0.1, 0.15) is 10.4 Å². The predicted octanol–water partition coefficient (Wildman–Crippen LogP) is 4.91. The number of carbonyl (C=O) groups is 1. The van der Waals surface area contributed by atoms with E-state index in [1.807, 2.05) is 22.6 Å². The summed E-state index contributed by atoms with van der Waals surface area (Å²) >= 11 is 13.7. The van der Waals surface area contributed by atoms with E-state index in [0.717, 1.165) is 6.07 Å². The van der Waals surface area contributed by atoms with Crippen molar-refractivity contribution in [3.63, 3.8) is 0 Å². The molecule has 2 aromatic carbocycles. The normalized spacial score (nSPS) is 10.6. The van der Waals surface area contributed by atoms with Crippen LogP contribution < -0.4 is 5.73 Å². The molecule has 2 aromatic rings. The Labute approximate surface area is 148 Å². The average molecular weight is 458 g/mol. The van der Waals surface area contributed by atoms with Crippen LogP contribution in [0.5, 0.6) is 0 Å². The molecule has 0 radical (unpaired) electrons. The predicted molar refractivity (Wildman–Crippen MR) is 90.3 cm³/mol. The van der Waals surface area contributed by atoms with E-state index in [1.165, 1.54) is 13.2 Å². The second kappa shape index (κ2) is 6.55. The van der Waals surface area contributed by atoms with Gasteiger partial charge in [0, 0.05) is 20.8 Å². The quantitative estimate of drug-likeness (QED) is 0.301. The third-order valence-corrected chi connectivity index (χ3v) is 4.65. The molecule has 0 fully saturated rings. The van der Waals surface area contributed by atoms with E-state index in [-0.39, 0.29) is 32.4 Å². The van der Waals surface area contributed by atoms with Gasteiger partial charge in [-0.15, -0.1) is 0 Å². The number of ether oxygens (including phenoxy) is 1. The van der Waals surface area contributed by atoms with Crippen LogP contribution in [0.25, 0.3) is 11.1 Å². The molecule has 3 nitrogen and oxygen atoms in total. The van der Waals surface area contributed by atoms with Crippen LogP contribution in [0.4, 0.5) is 14.5 Å². The fraction of sp³-hybridized carbons (Fsp3) is 0.0714. The van der Waals surface area contributed by atoms with Gasteiger partial charge >= 0.3 is 5.97 Å². The van der Waals surface area contributed by atoms with Crippen molar-refractivity contribution in [2.45, 2.75) is 0 Å². The Morgan fingerprint density at radius 3 is 2.41 bits per heavy atom. The highest BCUT2D eigenvalue weighted by molar-refractivity contribution is 14.1. The number of halogens is 5. The van der Waals surface area contributed by atoms with Crippen molar-refractivity contribution in [3.05, 3.63) is 49.0 Å². The average Bonchev–Trinajstić information content (AvgIpc) is 2.47. The molecule has 0 amide bonds. The van der Waals surface area contributed by atoms with Gasteiger partial charge < -0.3 is 10.5 Å². The Hall–Kier alpha value is -1.12. The summed E-state index contributed by atoms with van der Waals surface area (Å²) in [4.78, 5) is 11.6. The zero-order valence-electron chi connectivity index (χ0n) is 11.0. The SMILES string of the molecule is COC(=O)c1cc(Cl)c(-c2cc(Cl)c(F)cc2F)c(I)c1N. The van der Waals surface area contributed by atoms with Crippen LogP contribution in [0, 0.1) is 15.2 Å². The van der Waals surface area contributed by atoms with Crippen molar-refractivity contribution >= 4 is 57.4 Å². The van der Waals surface area contributed by atoms with Gasteiger partial charge in [0.2, 0.25) is 0 Å². The number of nitrogen functional groups attached to an aromatic ring is 1. The summed E-state index contributed by atoms with van der Waals surface area (Å²) in [7, 11) is 1.20. The molecule has 0 saturated heterocycles. The molecule has 0 atom stereocenters. The summed E-state index contributed by atoms with van der Waals surface area (Å²) in [5.41, 5.74) is 6.26. The first kappa shape index (κ1) is 17.2. The summed E-state index contributed by atoms with van der Waals surface area (Å²) in [5, 5.41) is -0.181. The maximum absolute atomic E-state index is 14.0. The van der Waals surface area contributed by atoms with Crippen molar-refractivity contribution in [1.82, 2.24) is 0 Å². The number of carbonyl (C=O) groups excluding carboxylic acids is 1. The maximum atomic E-state index is 14.0. The van der Waals surface area contributed by atoms with Crippen LogP contribution >= 0.6 is 45.8 Å². The van der Waals surface area contributed by atoms with Gasteiger partial charge in [0.1, 0.15) is 11.6 Å². The molecule has 8 heteroatoms. The lowest BCUT2D eigenvalue weighted by molar-refractivity contribution is 0.0602. The highest BCUT2D eigenvalue weighted by atomic mass is 127. The fourth-order valence-corrected chi connectivity index (χ4v) is 3.37. The van der Waals surface area contributed by atoms with Crippen LogP contribution in [-0.2, 0) is 4.74 Å². The van der Waals surface area contributed by atoms with Gasteiger partial charge in [-0.3, -0.25) is 0 Å². The number of rotatable bonds is 2. The number of esters is 1. The van der Waals surface area contributed by atoms with Crippen molar-refractivity contribution in [2.24, 2.45) is 0 Å². The highest BCUT2D eigenvalue weighted by Gasteiger charge is 2.22. The molecule has 0 spiro atoms. The van der Waals surface area contributed by atoms with Crippen LogP contribution in [0.3, 0.4) is 0 Å². The van der Waals surface area contributed by atoms with Gasteiger partial charge in [-0.25, -0.2) is 13.6 Å². The van der Waals surface area contributed by atoms with Crippen LogP contribution in [-0.4, -0.2) is 13.1 Å². The summed E-state index contributed by atoms with van der Waals surface area (Å²) in [6.45, 7) is 0. The fourth-order valence-electron chi connectivity index (χ4n) is 1.87. The summed E-state index contributed by atoms with van der Waals surface area (Å²) in [5.74, 6) is -2.39. The lowest BCUT2D eigenvalue weighted by Gasteiger charge is -2.14. The highest BCUT2D eigenvalue weighted by Crippen LogP contribution is 2.40. The standard InChI is InChI=1S/C14H8Cl2F2INO2/c1-22-14(21)6-3-8(16)11(12(19)13(6)20)5-2-7(15)10(18)4-9(5)17/h2-4H,20H2,1H3. The van der Waals surface area contributed by atoms with E-state index in [2.05, 4.69) is 4.74 Å². The Kier molecular flexibility index (Phi) is 5.14. The van der Waals surface area contributed by atoms with E-state index in [4.69, 9.17) is 28.9 Å². The van der Waals surface area contributed by atoms with Gasteiger partial charge in [-0.1, -0.05) is 23.2 Å². The minimum absolute atomic E-state index is 0.0103.